The summed E-state index contributed by atoms with van der Waals surface area (Å²) in [5, 5.41) is 6.56. The van der Waals surface area contributed by atoms with Crippen molar-refractivity contribution in [2.24, 2.45) is 4.99 Å². The van der Waals surface area contributed by atoms with Crippen LogP contribution in [0.2, 0.25) is 0 Å². The van der Waals surface area contributed by atoms with Gasteiger partial charge in [0.1, 0.15) is 0 Å². The second-order valence-corrected chi connectivity index (χ2v) is 5.31. The number of methoxy groups -OCH3 is 1. The van der Waals surface area contributed by atoms with Crippen LogP contribution < -0.4 is 10.6 Å². The van der Waals surface area contributed by atoms with Crippen molar-refractivity contribution in [1.29, 1.82) is 0 Å². The number of nitrogens with one attached hydrogen (secondary N) is 2. The summed E-state index contributed by atoms with van der Waals surface area (Å²) in [7, 11) is 3.48. The third-order valence-electron chi connectivity index (χ3n) is 3.83. The highest BCUT2D eigenvalue weighted by Crippen LogP contribution is 2.17. The third-order valence-corrected chi connectivity index (χ3v) is 3.83. The molecular formula is C15H31IN4O2. The zero-order chi connectivity index (χ0) is 15.5. The van der Waals surface area contributed by atoms with Crippen LogP contribution in [0.3, 0.4) is 0 Å². The number of aliphatic imine (C=N–C) groups is 1. The number of nitrogens with zero attached hydrogens (tertiary/aromatic N) is 2. The van der Waals surface area contributed by atoms with Crippen molar-refractivity contribution in [3.8, 4) is 0 Å². The molecule has 7 heteroatoms. The van der Waals surface area contributed by atoms with Crippen molar-refractivity contribution in [2.45, 2.75) is 45.1 Å². The normalized spacial score (nSPS) is 16.4. The minimum absolute atomic E-state index is 0. The quantitative estimate of drug-likeness (QED) is 0.255. The van der Waals surface area contributed by atoms with Gasteiger partial charge in [0, 0.05) is 52.9 Å². The highest BCUT2D eigenvalue weighted by molar-refractivity contribution is 14.0. The lowest BCUT2D eigenvalue weighted by Crippen LogP contribution is -2.42. The zero-order valence-corrected chi connectivity index (χ0v) is 16.4. The van der Waals surface area contributed by atoms with Crippen molar-refractivity contribution in [1.82, 2.24) is 15.5 Å². The molecule has 1 rings (SSSR count). The summed E-state index contributed by atoms with van der Waals surface area (Å²) in [4.78, 5) is 18.0. The van der Waals surface area contributed by atoms with E-state index < -0.39 is 0 Å². The molecule has 1 heterocycles. The first kappa shape index (κ1) is 21.4. The Morgan fingerprint density at radius 1 is 1.41 bits per heavy atom. The van der Waals surface area contributed by atoms with Crippen LogP contribution >= 0.6 is 24.0 Å². The highest BCUT2D eigenvalue weighted by Gasteiger charge is 2.26. The molecule has 1 saturated heterocycles. The second-order valence-electron chi connectivity index (χ2n) is 5.31. The SMILES string of the molecule is CCC(CCNC(=NC)NCCCOC)N1CCCC1=O.I. The summed E-state index contributed by atoms with van der Waals surface area (Å²) >= 11 is 0. The van der Waals surface area contributed by atoms with Crippen molar-refractivity contribution < 1.29 is 9.53 Å². The fourth-order valence-electron chi connectivity index (χ4n) is 2.64. The van der Waals surface area contributed by atoms with Gasteiger partial charge in [-0.2, -0.15) is 0 Å². The molecule has 1 aliphatic heterocycles. The lowest BCUT2D eigenvalue weighted by Gasteiger charge is -2.27. The van der Waals surface area contributed by atoms with Gasteiger partial charge in [-0.3, -0.25) is 9.79 Å². The Bertz CT molecular complexity index is 340. The Hall–Kier alpha value is -0.570. The fourth-order valence-corrected chi connectivity index (χ4v) is 2.64. The Kier molecular flexibility index (Phi) is 12.6. The molecular weight excluding hydrogens is 395 g/mol. The van der Waals surface area contributed by atoms with E-state index in [1.165, 1.54) is 0 Å². The molecule has 1 fully saturated rings. The van der Waals surface area contributed by atoms with Gasteiger partial charge in [-0.1, -0.05) is 6.92 Å². The summed E-state index contributed by atoms with van der Waals surface area (Å²) in [6, 6.07) is 0.346. The topological polar surface area (TPSA) is 66.0 Å². The molecule has 0 saturated carbocycles. The maximum atomic E-state index is 11.8. The number of guanidine groups is 1. The molecule has 1 unspecified atom stereocenters. The minimum Gasteiger partial charge on any atom is -0.385 e. The number of hydrogen-bond donors (Lipinski definition) is 2. The van der Waals surface area contributed by atoms with Crippen LogP contribution in [0, 0.1) is 0 Å². The van der Waals surface area contributed by atoms with Crippen LogP contribution in [0.15, 0.2) is 4.99 Å². The smallest absolute Gasteiger partial charge is 0.222 e. The monoisotopic (exact) mass is 426 g/mol. The molecule has 0 aromatic rings. The van der Waals surface area contributed by atoms with Gasteiger partial charge in [-0.15, -0.1) is 24.0 Å². The number of hydrogen-bond acceptors (Lipinski definition) is 3. The van der Waals surface area contributed by atoms with Crippen molar-refractivity contribution in [3.63, 3.8) is 0 Å². The molecule has 0 aliphatic carbocycles. The number of likely N-dealkylation sites (tertiary alicyclic amines) is 1. The Morgan fingerprint density at radius 2 is 2.14 bits per heavy atom. The average Bonchev–Trinajstić information content (AvgIpc) is 2.92. The first-order valence-corrected chi connectivity index (χ1v) is 7.95. The van der Waals surface area contributed by atoms with E-state index in [1.54, 1.807) is 14.2 Å². The van der Waals surface area contributed by atoms with Gasteiger partial charge in [-0.25, -0.2) is 0 Å². The highest BCUT2D eigenvalue weighted by atomic mass is 127. The third kappa shape index (κ3) is 7.62. The van der Waals surface area contributed by atoms with E-state index in [0.29, 0.717) is 18.4 Å². The number of halogens is 1. The van der Waals surface area contributed by atoms with Crippen LogP contribution in [0.4, 0.5) is 0 Å². The first-order chi connectivity index (χ1) is 10.2. The molecule has 0 aromatic carbocycles. The number of carbonyl (C=O) groups excluding carboxylic acids is 1. The average molecular weight is 426 g/mol. The summed E-state index contributed by atoms with van der Waals surface area (Å²) in [5.41, 5.74) is 0. The Balaban J connectivity index is 0.00000441. The number of amides is 1. The van der Waals surface area contributed by atoms with E-state index in [4.69, 9.17) is 4.74 Å². The van der Waals surface area contributed by atoms with Crippen molar-refractivity contribution in [3.05, 3.63) is 0 Å². The van der Waals surface area contributed by atoms with Gasteiger partial charge >= 0.3 is 0 Å². The largest absolute Gasteiger partial charge is 0.385 e. The maximum absolute atomic E-state index is 11.8. The maximum Gasteiger partial charge on any atom is 0.222 e. The van der Waals surface area contributed by atoms with Gasteiger partial charge < -0.3 is 20.3 Å². The van der Waals surface area contributed by atoms with Gasteiger partial charge in [0.15, 0.2) is 5.96 Å². The van der Waals surface area contributed by atoms with Crippen LogP contribution in [0.1, 0.15) is 39.0 Å². The van der Waals surface area contributed by atoms with Gasteiger partial charge in [0.25, 0.3) is 0 Å². The predicted octanol–water partition coefficient (Wildman–Crippen LogP) is 1.60. The molecule has 0 aromatic heterocycles. The molecule has 22 heavy (non-hydrogen) atoms. The molecule has 0 radical (unpaired) electrons. The van der Waals surface area contributed by atoms with Gasteiger partial charge in [0.2, 0.25) is 5.91 Å². The zero-order valence-electron chi connectivity index (χ0n) is 14.1. The molecule has 2 N–H and O–H groups in total. The van der Waals surface area contributed by atoms with Crippen LogP contribution in [-0.2, 0) is 9.53 Å². The lowest BCUT2D eigenvalue weighted by atomic mass is 10.1. The summed E-state index contributed by atoms with van der Waals surface area (Å²) < 4.78 is 5.01. The number of ether oxygens (including phenoxy) is 1. The van der Waals surface area contributed by atoms with Gasteiger partial charge in [0.05, 0.1) is 0 Å². The molecule has 1 atom stereocenters. The molecule has 0 bridgehead atoms. The van der Waals surface area contributed by atoms with E-state index in [1.807, 2.05) is 4.90 Å². The van der Waals surface area contributed by atoms with Crippen LogP contribution in [-0.4, -0.2) is 63.2 Å². The van der Waals surface area contributed by atoms with Crippen LogP contribution in [0.5, 0.6) is 0 Å². The van der Waals surface area contributed by atoms with E-state index in [2.05, 4.69) is 22.5 Å². The summed E-state index contributed by atoms with van der Waals surface area (Å²) in [6.07, 6.45) is 4.64. The van der Waals surface area contributed by atoms with Crippen LogP contribution in [0.25, 0.3) is 0 Å². The summed E-state index contributed by atoms with van der Waals surface area (Å²) in [6.45, 7) is 5.48. The molecule has 0 spiro atoms. The molecule has 130 valence electrons. The number of rotatable bonds is 9. The van der Waals surface area contributed by atoms with E-state index in [9.17, 15) is 4.79 Å². The van der Waals surface area contributed by atoms with E-state index in [0.717, 1.165) is 57.9 Å². The Morgan fingerprint density at radius 3 is 2.68 bits per heavy atom. The molecule has 1 aliphatic rings. The Labute approximate surface area is 151 Å². The van der Waals surface area contributed by atoms with Crippen molar-refractivity contribution in [2.75, 3.05) is 40.4 Å². The first-order valence-electron chi connectivity index (χ1n) is 7.95. The minimum atomic E-state index is 0. The fraction of sp³-hybridized carbons (Fsp3) is 0.867. The van der Waals surface area contributed by atoms with Gasteiger partial charge in [-0.05, 0) is 25.7 Å². The summed E-state index contributed by atoms with van der Waals surface area (Å²) in [5.74, 6) is 1.12. The van der Waals surface area contributed by atoms with E-state index in [-0.39, 0.29) is 24.0 Å². The van der Waals surface area contributed by atoms with E-state index >= 15 is 0 Å². The number of carbonyl (C=O) groups is 1. The lowest BCUT2D eigenvalue weighted by molar-refractivity contribution is -0.129. The molecule has 1 amide bonds. The molecule has 6 nitrogen and oxygen atoms in total. The van der Waals surface area contributed by atoms with Crippen molar-refractivity contribution >= 4 is 35.8 Å². The predicted molar refractivity (Wildman–Crippen MR) is 101 cm³/mol. The standard InChI is InChI=1S/C15H30N4O2.HI/c1-4-13(19-11-5-7-14(19)20)8-10-18-15(16-2)17-9-6-12-21-3;/h13H,4-12H2,1-3H3,(H2,16,17,18);1H. The second kappa shape index (κ2) is 12.9.